The lowest BCUT2D eigenvalue weighted by Gasteiger charge is -2.44. The lowest BCUT2D eigenvalue weighted by molar-refractivity contribution is -0.171. The third kappa shape index (κ3) is 4.82. The van der Waals surface area contributed by atoms with Gasteiger partial charge < -0.3 is 15.4 Å². The molecule has 2 amide bonds. The van der Waals surface area contributed by atoms with E-state index < -0.39 is 17.5 Å². The van der Waals surface area contributed by atoms with Crippen molar-refractivity contribution in [3.63, 3.8) is 0 Å². The Labute approximate surface area is 162 Å². The first kappa shape index (κ1) is 20.2. The molecule has 0 aromatic carbocycles. The second-order valence-corrected chi connectivity index (χ2v) is 8.59. The van der Waals surface area contributed by atoms with E-state index in [4.69, 9.17) is 10.5 Å². The van der Waals surface area contributed by atoms with Gasteiger partial charge in [0.1, 0.15) is 0 Å². The zero-order chi connectivity index (χ0) is 19.3. The number of nitrogens with zero attached hydrogens (tertiary/aromatic N) is 1. The minimum Gasteiger partial charge on any atom is -0.449 e. The van der Waals surface area contributed by atoms with Crippen molar-refractivity contribution in [3.05, 3.63) is 0 Å². The molecular formula is C21H34N2O4. The molecule has 0 aromatic rings. The Balaban J connectivity index is 1.45. The SMILES string of the molecule is NC(=O)C1(OC(=O)CCCC(=O)N2CCCC3CCCCC32)CCCCC1. The first-order chi connectivity index (χ1) is 13.0. The molecule has 0 radical (unpaired) electrons. The fourth-order valence-corrected chi connectivity index (χ4v) is 5.25. The Morgan fingerprint density at radius 2 is 1.63 bits per heavy atom. The van der Waals surface area contributed by atoms with Crippen LogP contribution in [0.4, 0.5) is 0 Å². The highest BCUT2D eigenvalue weighted by Gasteiger charge is 2.41. The Kier molecular flexibility index (Phi) is 6.77. The van der Waals surface area contributed by atoms with Crippen molar-refractivity contribution >= 4 is 17.8 Å². The van der Waals surface area contributed by atoms with Gasteiger partial charge in [-0.1, -0.05) is 19.3 Å². The largest absolute Gasteiger partial charge is 0.449 e. The Hall–Kier alpha value is -1.59. The number of ether oxygens (including phenoxy) is 1. The summed E-state index contributed by atoms with van der Waals surface area (Å²) < 4.78 is 5.52. The zero-order valence-corrected chi connectivity index (χ0v) is 16.4. The van der Waals surface area contributed by atoms with Gasteiger partial charge in [0, 0.05) is 25.4 Å². The van der Waals surface area contributed by atoms with Crippen molar-refractivity contribution in [2.75, 3.05) is 6.54 Å². The molecule has 6 heteroatoms. The van der Waals surface area contributed by atoms with Crippen LogP contribution in [0.3, 0.4) is 0 Å². The van der Waals surface area contributed by atoms with Crippen LogP contribution in [0.25, 0.3) is 0 Å². The molecule has 2 unspecified atom stereocenters. The average Bonchev–Trinajstić information content (AvgIpc) is 2.68. The summed E-state index contributed by atoms with van der Waals surface area (Å²) in [6, 6.07) is 0.410. The van der Waals surface area contributed by atoms with Gasteiger partial charge in [0.2, 0.25) is 5.91 Å². The van der Waals surface area contributed by atoms with Gasteiger partial charge in [0.05, 0.1) is 0 Å². The first-order valence-corrected chi connectivity index (χ1v) is 10.8. The van der Waals surface area contributed by atoms with Crippen LogP contribution in [-0.2, 0) is 19.1 Å². The van der Waals surface area contributed by atoms with E-state index in [2.05, 4.69) is 4.90 Å². The van der Waals surface area contributed by atoms with Crippen LogP contribution in [0.1, 0.15) is 89.9 Å². The predicted molar refractivity (Wildman–Crippen MR) is 102 cm³/mol. The van der Waals surface area contributed by atoms with Crippen LogP contribution in [0.15, 0.2) is 0 Å². The molecule has 1 saturated heterocycles. The molecule has 3 aliphatic rings. The molecule has 1 aliphatic heterocycles. The fraction of sp³-hybridized carbons (Fsp3) is 0.857. The number of primary amides is 1. The molecule has 1 heterocycles. The Morgan fingerprint density at radius 3 is 2.37 bits per heavy atom. The van der Waals surface area contributed by atoms with Gasteiger partial charge in [-0.15, -0.1) is 0 Å². The van der Waals surface area contributed by atoms with Gasteiger partial charge in [-0.25, -0.2) is 0 Å². The molecule has 2 N–H and O–H groups in total. The molecule has 2 saturated carbocycles. The van der Waals surface area contributed by atoms with E-state index in [0.717, 1.165) is 38.6 Å². The lowest BCUT2D eigenvalue weighted by atomic mass is 9.78. The molecule has 0 spiro atoms. The van der Waals surface area contributed by atoms with Crippen molar-refractivity contribution in [1.82, 2.24) is 4.90 Å². The monoisotopic (exact) mass is 378 g/mol. The smallest absolute Gasteiger partial charge is 0.306 e. The minimum atomic E-state index is -1.12. The quantitative estimate of drug-likeness (QED) is 0.719. The van der Waals surface area contributed by atoms with Gasteiger partial charge in [-0.2, -0.15) is 0 Å². The Bertz CT molecular complexity index is 554. The summed E-state index contributed by atoms with van der Waals surface area (Å²) in [6.45, 7) is 0.856. The summed E-state index contributed by atoms with van der Waals surface area (Å²) in [5.74, 6) is -0.106. The van der Waals surface area contributed by atoms with Crippen LogP contribution in [0.2, 0.25) is 0 Å². The molecule has 2 aliphatic carbocycles. The van der Waals surface area contributed by atoms with Crippen molar-refractivity contribution in [2.24, 2.45) is 11.7 Å². The summed E-state index contributed by atoms with van der Waals surface area (Å²) in [6.07, 6.45) is 12.0. The molecule has 27 heavy (non-hydrogen) atoms. The molecular weight excluding hydrogens is 344 g/mol. The molecule has 152 valence electrons. The van der Waals surface area contributed by atoms with Crippen molar-refractivity contribution in [3.8, 4) is 0 Å². The maximum absolute atomic E-state index is 12.7. The molecule has 6 nitrogen and oxygen atoms in total. The van der Waals surface area contributed by atoms with E-state index in [9.17, 15) is 14.4 Å². The van der Waals surface area contributed by atoms with Gasteiger partial charge in [0.25, 0.3) is 5.91 Å². The molecule has 3 rings (SSSR count). The van der Waals surface area contributed by atoms with E-state index in [0.29, 0.717) is 37.6 Å². The highest BCUT2D eigenvalue weighted by molar-refractivity contribution is 5.86. The average molecular weight is 379 g/mol. The summed E-state index contributed by atoms with van der Waals surface area (Å²) in [4.78, 5) is 38.8. The van der Waals surface area contributed by atoms with Gasteiger partial charge in [0.15, 0.2) is 5.60 Å². The molecule has 2 atom stereocenters. The van der Waals surface area contributed by atoms with Crippen LogP contribution < -0.4 is 5.73 Å². The number of carbonyl (C=O) groups excluding carboxylic acids is 3. The maximum Gasteiger partial charge on any atom is 0.306 e. The standard InChI is InChI=1S/C21H34N2O4/c22-20(26)21(13-4-1-5-14-21)27-19(25)12-6-11-18(24)23-15-7-9-16-8-2-3-10-17(16)23/h16-17H,1-15H2,(H2,22,26). The third-order valence-corrected chi connectivity index (χ3v) is 6.75. The van der Waals surface area contributed by atoms with Gasteiger partial charge in [-0.05, 0) is 63.7 Å². The van der Waals surface area contributed by atoms with Crippen LogP contribution >= 0.6 is 0 Å². The molecule has 0 aromatic heterocycles. The highest BCUT2D eigenvalue weighted by atomic mass is 16.6. The third-order valence-electron chi connectivity index (χ3n) is 6.75. The minimum absolute atomic E-state index is 0.168. The maximum atomic E-state index is 12.7. The highest BCUT2D eigenvalue weighted by Crippen LogP contribution is 2.36. The lowest BCUT2D eigenvalue weighted by Crippen LogP contribution is -2.49. The van der Waals surface area contributed by atoms with Crippen LogP contribution in [0, 0.1) is 5.92 Å². The number of fused-ring (bicyclic) bond motifs is 1. The second-order valence-electron chi connectivity index (χ2n) is 8.59. The van der Waals surface area contributed by atoms with Crippen LogP contribution in [0.5, 0.6) is 0 Å². The van der Waals surface area contributed by atoms with Gasteiger partial charge in [-0.3, -0.25) is 14.4 Å². The normalized spacial score (nSPS) is 27.5. The number of piperidine rings is 1. The summed E-state index contributed by atoms with van der Waals surface area (Å²) in [5.41, 5.74) is 4.39. The van der Waals surface area contributed by atoms with E-state index in [1.54, 1.807) is 0 Å². The molecule has 0 bridgehead atoms. The molecule has 3 fully saturated rings. The van der Waals surface area contributed by atoms with E-state index >= 15 is 0 Å². The van der Waals surface area contributed by atoms with Crippen molar-refractivity contribution in [1.29, 1.82) is 0 Å². The van der Waals surface area contributed by atoms with Crippen LogP contribution in [-0.4, -0.2) is 40.9 Å². The number of carbonyl (C=O) groups is 3. The van der Waals surface area contributed by atoms with E-state index in [1.165, 1.54) is 25.7 Å². The number of esters is 1. The zero-order valence-electron chi connectivity index (χ0n) is 16.4. The number of hydrogen-bond acceptors (Lipinski definition) is 4. The van der Waals surface area contributed by atoms with E-state index in [1.807, 2.05) is 0 Å². The number of likely N-dealkylation sites (tertiary alicyclic amines) is 1. The fourth-order valence-electron chi connectivity index (χ4n) is 5.25. The topological polar surface area (TPSA) is 89.7 Å². The number of rotatable bonds is 6. The van der Waals surface area contributed by atoms with Crippen molar-refractivity contribution in [2.45, 2.75) is 102 Å². The number of hydrogen-bond donors (Lipinski definition) is 1. The summed E-state index contributed by atoms with van der Waals surface area (Å²) in [7, 11) is 0. The summed E-state index contributed by atoms with van der Waals surface area (Å²) in [5, 5.41) is 0. The Morgan fingerprint density at radius 1 is 0.926 bits per heavy atom. The second kappa shape index (κ2) is 9.07. The van der Waals surface area contributed by atoms with E-state index in [-0.39, 0.29) is 12.3 Å². The van der Waals surface area contributed by atoms with Gasteiger partial charge >= 0.3 is 5.97 Å². The number of nitrogens with two attached hydrogens (primary N) is 1. The number of amides is 2. The predicted octanol–water partition coefficient (Wildman–Crippen LogP) is 3.07. The summed E-state index contributed by atoms with van der Waals surface area (Å²) >= 11 is 0. The van der Waals surface area contributed by atoms with Crippen molar-refractivity contribution < 1.29 is 19.1 Å². The first-order valence-electron chi connectivity index (χ1n) is 10.8.